The van der Waals surface area contributed by atoms with Gasteiger partial charge in [-0.2, -0.15) is 10.1 Å². The Balaban J connectivity index is 2.59. The molecule has 0 aromatic carbocycles. The van der Waals surface area contributed by atoms with Crippen LogP contribution in [0.3, 0.4) is 0 Å². The predicted octanol–water partition coefficient (Wildman–Crippen LogP) is 4.32. The lowest BCUT2D eigenvalue weighted by Gasteiger charge is -2.25. The fraction of sp³-hybridized carbons (Fsp3) is 0.857. The summed E-state index contributed by atoms with van der Waals surface area (Å²) in [6.45, 7) is 6.65. The van der Waals surface area contributed by atoms with Crippen LogP contribution < -0.4 is 0 Å². The summed E-state index contributed by atoms with van der Waals surface area (Å²) in [4.78, 5) is 12.1. The summed E-state index contributed by atoms with van der Waals surface area (Å²) in [5, 5.41) is 13.9. The van der Waals surface area contributed by atoms with Crippen LogP contribution in [-0.4, -0.2) is 29.7 Å². The summed E-state index contributed by atoms with van der Waals surface area (Å²) in [5.74, 6) is 0.602. The Labute approximate surface area is 121 Å². The van der Waals surface area contributed by atoms with Crippen LogP contribution in [0.25, 0.3) is 0 Å². The van der Waals surface area contributed by atoms with Crippen LogP contribution in [0.15, 0.2) is 15.3 Å². The first-order valence-corrected chi connectivity index (χ1v) is 7.67. The first-order valence-electron chi connectivity index (χ1n) is 7.67. The minimum atomic E-state index is -0.410. The molecule has 6 nitrogen and oxygen atoms in total. The van der Waals surface area contributed by atoms with Gasteiger partial charge < -0.3 is 4.74 Å². The molecule has 0 aliphatic carbocycles. The molecule has 0 saturated carbocycles. The molecule has 0 bridgehead atoms. The fourth-order valence-corrected chi connectivity index (χ4v) is 1.90. The van der Waals surface area contributed by atoms with Crippen molar-refractivity contribution in [1.29, 1.82) is 0 Å². The van der Waals surface area contributed by atoms with Crippen molar-refractivity contribution in [3.05, 3.63) is 0 Å². The first kappa shape index (κ1) is 16.6. The van der Waals surface area contributed by atoms with Gasteiger partial charge in [0.1, 0.15) is 0 Å². The van der Waals surface area contributed by atoms with Crippen molar-refractivity contribution in [2.45, 2.75) is 71.9 Å². The number of hydrogen-bond donors (Lipinski definition) is 0. The molecule has 1 unspecified atom stereocenters. The van der Waals surface area contributed by atoms with Crippen LogP contribution in [0.5, 0.6) is 0 Å². The van der Waals surface area contributed by atoms with E-state index in [0.29, 0.717) is 12.4 Å². The van der Waals surface area contributed by atoms with Crippen LogP contribution >= 0.6 is 0 Å². The summed E-state index contributed by atoms with van der Waals surface area (Å²) in [6, 6.07) is 0. The Kier molecular flexibility index (Phi) is 7.84. The van der Waals surface area contributed by atoms with Gasteiger partial charge in [0.25, 0.3) is 0 Å². The van der Waals surface area contributed by atoms with Crippen molar-refractivity contribution >= 4 is 11.9 Å². The molecule has 0 aromatic heterocycles. The largest absolute Gasteiger partial charge is 0.448 e. The Morgan fingerprint density at radius 3 is 2.65 bits per heavy atom. The van der Waals surface area contributed by atoms with Gasteiger partial charge in [0, 0.05) is 6.42 Å². The monoisotopic (exact) mass is 282 g/mol. The second-order valence-corrected chi connectivity index (χ2v) is 4.92. The second kappa shape index (κ2) is 9.44. The van der Waals surface area contributed by atoms with Crippen LogP contribution in [0.1, 0.15) is 65.7 Å². The van der Waals surface area contributed by atoms with Crippen molar-refractivity contribution in [2.24, 2.45) is 15.3 Å². The molecule has 1 rings (SSSR count). The molecule has 114 valence electrons. The Morgan fingerprint density at radius 1 is 1.20 bits per heavy atom. The number of amidine groups is 1. The van der Waals surface area contributed by atoms with E-state index in [1.165, 1.54) is 5.01 Å². The van der Waals surface area contributed by atoms with E-state index in [1.54, 1.807) is 0 Å². The molecule has 1 atom stereocenters. The van der Waals surface area contributed by atoms with Gasteiger partial charge in [0.15, 0.2) is 12.0 Å². The molecule has 0 aromatic rings. The topological polar surface area (TPSA) is 66.6 Å². The molecule has 0 N–H and O–H groups in total. The molecular formula is C14H26N4O2. The number of nitrogens with zero attached hydrogens (tertiary/aromatic N) is 4. The maximum absolute atomic E-state index is 12.1. The molecule has 0 spiro atoms. The van der Waals surface area contributed by atoms with Gasteiger partial charge in [-0.1, -0.05) is 40.0 Å². The number of hydrazone groups is 1. The standard InChI is InChI=1S/C14H26N4O2/c1-4-7-8-11-20-14(19)18-13(10-6-3)16-15-12(17-18)9-5-2/h13H,4-11H2,1-3H3. The van der Waals surface area contributed by atoms with Crippen molar-refractivity contribution in [3.63, 3.8) is 0 Å². The lowest BCUT2D eigenvalue weighted by Crippen LogP contribution is -2.38. The zero-order valence-corrected chi connectivity index (χ0v) is 12.8. The number of rotatable bonds is 8. The zero-order chi connectivity index (χ0) is 14.8. The summed E-state index contributed by atoms with van der Waals surface area (Å²) in [5.41, 5.74) is 0. The van der Waals surface area contributed by atoms with E-state index in [9.17, 15) is 4.79 Å². The second-order valence-electron chi connectivity index (χ2n) is 4.92. The Hall–Kier alpha value is -1.46. The zero-order valence-electron chi connectivity index (χ0n) is 12.8. The van der Waals surface area contributed by atoms with Crippen molar-refractivity contribution < 1.29 is 9.53 Å². The van der Waals surface area contributed by atoms with Crippen LogP contribution in [0.2, 0.25) is 0 Å². The Morgan fingerprint density at radius 2 is 2.00 bits per heavy atom. The van der Waals surface area contributed by atoms with E-state index in [-0.39, 0.29) is 6.17 Å². The summed E-state index contributed by atoms with van der Waals surface area (Å²) < 4.78 is 5.26. The molecule has 1 amide bonds. The van der Waals surface area contributed by atoms with Crippen molar-refractivity contribution in [3.8, 4) is 0 Å². The summed E-state index contributed by atoms with van der Waals surface area (Å²) >= 11 is 0. The smallest absolute Gasteiger partial charge is 0.432 e. The van der Waals surface area contributed by atoms with Gasteiger partial charge in [0.05, 0.1) is 6.61 Å². The first-order chi connectivity index (χ1) is 9.72. The van der Waals surface area contributed by atoms with E-state index in [4.69, 9.17) is 4.74 Å². The number of unbranched alkanes of at least 4 members (excludes halogenated alkanes) is 2. The molecular weight excluding hydrogens is 256 g/mol. The third kappa shape index (κ3) is 5.27. The fourth-order valence-electron chi connectivity index (χ4n) is 1.90. The number of amides is 1. The van der Waals surface area contributed by atoms with Crippen molar-refractivity contribution in [1.82, 2.24) is 5.01 Å². The molecule has 1 heterocycles. The number of carbonyl (C=O) groups is 1. The normalized spacial score (nSPS) is 18.1. The van der Waals surface area contributed by atoms with Gasteiger partial charge in [0.2, 0.25) is 0 Å². The average molecular weight is 282 g/mol. The SMILES string of the molecule is CCCCCOC(=O)N1N=C(CCC)N=NC1CCC. The highest BCUT2D eigenvalue weighted by molar-refractivity contribution is 5.84. The third-order valence-electron chi connectivity index (χ3n) is 2.99. The lowest BCUT2D eigenvalue weighted by molar-refractivity contribution is 0.0818. The molecule has 0 fully saturated rings. The maximum atomic E-state index is 12.1. The minimum absolute atomic E-state index is 0.320. The molecule has 1 aliphatic rings. The maximum Gasteiger partial charge on any atom is 0.432 e. The van der Waals surface area contributed by atoms with Gasteiger partial charge in [-0.05, 0) is 19.3 Å². The predicted molar refractivity (Wildman–Crippen MR) is 78.6 cm³/mol. The van der Waals surface area contributed by atoms with E-state index in [1.807, 2.05) is 13.8 Å². The quantitative estimate of drug-likeness (QED) is 0.622. The lowest BCUT2D eigenvalue weighted by atomic mass is 10.2. The van der Waals surface area contributed by atoms with E-state index < -0.39 is 6.09 Å². The van der Waals surface area contributed by atoms with Gasteiger partial charge in [-0.3, -0.25) is 0 Å². The van der Waals surface area contributed by atoms with E-state index >= 15 is 0 Å². The molecule has 0 saturated heterocycles. The van der Waals surface area contributed by atoms with Gasteiger partial charge in [-0.25, -0.2) is 4.79 Å². The summed E-state index contributed by atoms with van der Waals surface area (Å²) in [7, 11) is 0. The average Bonchev–Trinajstić information content (AvgIpc) is 2.45. The number of azo groups is 1. The number of ether oxygens (including phenoxy) is 1. The van der Waals surface area contributed by atoms with Crippen molar-refractivity contribution in [2.75, 3.05) is 6.61 Å². The number of carbonyl (C=O) groups excluding carboxylic acids is 1. The van der Waals surface area contributed by atoms with Gasteiger partial charge >= 0.3 is 6.09 Å². The minimum Gasteiger partial charge on any atom is -0.448 e. The Bertz CT molecular complexity index is 355. The molecule has 6 heteroatoms. The molecule has 20 heavy (non-hydrogen) atoms. The highest BCUT2D eigenvalue weighted by Gasteiger charge is 2.27. The molecule has 0 radical (unpaired) electrons. The number of hydrogen-bond acceptors (Lipinski definition) is 5. The van der Waals surface area contributed by atoms with E-state index in [0.717, 1.165) is 44.9 Å². The molecule has 1 aliphatic heterocycles. The third-order valence-corrected chi connectivity index (χ3v) is 2.99. The highest BCUT2D eigenvalue weighted by atomic mass is 16.6. The summed E-state index contributed by atoms with van der Waals surface area (Å²) in [6.07, 6.45) is 5.64. The van der Waals surface area contributed by atoms with Crippen LogP contribution in [0.4, 0.5) is 4.79 Å². The highest BCUT2D eigenvalue weighted by Crippen LogP contribution is 2.17. The van der Waals surface area contributed by atoms with E-state index in [2.05, 4.69) is 22.3 Å². The van der Waals surface area contributed by atoms with Gasteiger partial charge in [-0.15, -0.1) is 10.2 Å². The van der Waals surface area contributed by atoms with Crippen LogP contribution in [0, 0.1) is 0 Å². The van der Waals surface area contributed by atoms with Crippen LogP contribution in [-0.2, 0) is 4.74 Å².